The molecule has 2 aliphatic rings. The maximum atomic E-state index is 12.3. The Kier molecular flexibility index (Phi) is 4.46. The van der Waals surface area contributed by atoms with Crippen molar-refractivity contribution in [3.05, 3.63) is 70.8 Å². The normalized spacial score (nSPS) is 18.5. The van der Waals surface area contributed by atoms with E-state index in [0.717, 1.165) is 28.1 Å². The summed E-state index contributed by atoms with van der Waals surface area (Å²) in [7, 11) is 0. The lowest BCUT2D eigenvalue weighted by atomic mass is 9.80. The van der Waals surface area contributed by atoms with Crippen LogP contribution in [0.2, 0.25) is 5.02 Å². The second-order valence-electron chi connectivity index (χ2n) is 8.38. The van der Waals surface area contributed by atoms with Crippen LogP contribution in [0, 0.1) is 6.92 Å². The molecular weight excluding hydrogens is 386 g/mol. The smallest absolute Gasteiger partial charge is 0.246 e. The molecule has 6 heteroatoms. The van der Waals surface area contributed by atoms with Crippen LogP contribution in [0.4, 0.5) is 11.4 Å². The zero-order valence-electron chi connectivity index (χ0n) is 16.8. The number of rotatable bonds is 4. The number of hydrogen-bond acceptors (Lipinski definition) is 3. The van der Waals surface area contributed by atoms with E-state index in [1.807, 2.05) is 57.2 Å². The van der Waals surface area contributed by atoms with Gasteiger partial charge in [-0.1, -0.05) is 42.4 Å². The SMILES string of the molecule is C=CC(=O)N1CC(Nc2ccc3c(c2)NC(=O)C3(C)C)(c2cccc(C)c2Cl)C1. The van der Waals surface area contributed by atoms with Gasteiger partial charge in [-0.25, -0.2) is 0 Å². The van der Waals surface area contributed by atoms with Crippen LogP contribution in [-0.2, 0) is 20.5 Å². The summed E-state index contributed by atoms with van der Waals surface area (Å²) in [6, 6.07) is 11.8. The van der Waals surface area contributed by atoms with Gasteiger partial charge in [0.15, 0.2) is 0 Å². The van der Waals surface area contributed by atoms with Gasteiger partial charge in [-0.15, -0.1) is 0 Å². The van der Waals surface area contributed by atoms with E-state index in [9.17, 15) is 9.59 Å². The fraction of sp³-hybridized carbons (Fsp3) is 0.304. The van der Waals surface area contributed by atoms with Crippen LogP contribution in [0.25, 0.3) is 0 Å². The first kappa shape index (κ1) is 19.5. The monoisotopic (exact) mass is 409 g/mol. The van der Waals surface area contributed by atoms with E-state index in [2.05, 4.69) is 17.2 Å². The molecule has 2 aliphatic heterocycles. The van der Waals surface area contributed by atoms with Gasteiger partial charge >= 0.3 is 0 Å². The standard InChI is InChI=1S/C23H24ClN3O2/c1-5-19(28)27-12-23(13-27,17-8-6-7-14(2)20(17)24)26-15-9-10-16-18(11-15)25-21(29)22(16,3)4/h5-11,26H,1,12-13H2,2-4H3,(H,25,29). The molecule has 29 heavy (non-hydrogen) atoms. The Hall–Kier alpha value is -2.79. The van der Waals surface area contributed by atoms with Gasteiger partial charge in [-0.05, 0) is 55.7 Å². The summed E-state index contributed by atoms with van der Waals surface area (Å²) in [5.74, 6) is -0.110. The second-order valence-corrected chi connectivity index (χ2v) is 8.76. The molecule has 0 radical (unpaired) electrons. The Labute approximate surface area is 175 Å². The number of nitrogens with one attached hydrogen (secondary N) is 2. The third kappa shape index (κ3) is 3.01. The predicted molar refractivity (Wildman–Crippen MR) is 116 cm³/mol. The number of aryl methyl sites for hydroxylation is 1. The van der Waals surface area contributed by atoms with Crippen molar-refractivity contribution in [2.45, 2.75) is 31.7 Å². The van der Waals surface area contributed by atoms with Gasteiger partial charge in [0.25, 0.3) is 0 Å². The number of fused-ring (bicyclic) bond motifs is 1. The lowest BCUT2D eigenvalue weighted by molar-refractivity contribution is -0.132. The quantitative estimate of drug-likeness (QED) is 0.743. The Morgan fingerprint density at radius 3 is 2.66 bits per heavy atom. The van der Waals surface area contributed by atoms with Crippen molar-refractivity contribution in [3.63, 3.8) is 0 Å². The summed E-state index contributed by atoms with van der Waals surface area (Å²) in [4.78, 5) is 26.1. The van der Waals surface area contributed by atoms with Crippen molar-refractivity contribution in [1.82, 2.24) is 4.90 Å². The average Bonchev–Trinajstić information content (AvgIpc) is 2.88. The number of halogens is 1. The number of amides is 2. The van der Waals surface area contributed by atoms with Crippen LogP contribution < -0.4 is 10.6 Å². The Bertz CT molecular complexity index is 1040. The van der Waals surface area contributed by atoms with Crippen LogP contribution in [0.15, 0.2) is 49.1 Å². The summed E-state index contributed by atoms with van der Waals surface area (Å²) < 4.78 is 0. The summed E-state index contributed by atoms with van der Waals surface area (Å²) >= 11 is 6.65. The largest absolute Gasteiger partial charge is 0.372 e. The second kappa shape index (κ2) is 6.63. The first-order valence-electron chi connectivity index (χ1n) is 9.59. The van der Waals surface area contributed by atoms with E-state index in [-0.39, 0.29) is 11.8 Å². The Morgan fingerprint density at radius 1 is 1.24 bits per heavy atom. The minimum Gasteiger partial charge on any atom is -0.372 e. The molecule has 2 heterocycles. The number of hydrogen-bond donors (Lipinski definition) is 2. The summed E-state index contributed by atoms with van der Waals surface area (Å²) in [6.45, 7) is 10.3. The third-order valence-electron chi connectivity index (χ3n) is 6.01. The lowest BCUT2D eigenvalue weighted by Gasteiger charge is -2.51. The molecular formula is C23H24ClN3O2. The molecule has 0 saturated carbocycles. The van der Waals surface area contributed by atoms with E-state index in [0.29, 0.717) is 18.1 Å². The van der Waals surface area contributed by atoms with Gasteiger partial charge in [-0.2, -0.15) is 0 Å². The molecule has 5 nitrogen and oxygen atoms in total. The number of carbonyl (C=O) groups excluding carboxylic acids is 2. The summed E-state index contributed by atoms with van der Waals surface area (Å²) in [5.41, 5.74) is 3.55. The highest BCUT2D eigenvalue weighted by Crippen LogP contribution is 2.43. The zero-order valence-corrected chi connectivity index (χ0v) is 17.6. The number of carbonyl (C=O) groups is 2. The molecule has 150 valence electrons. The minimum absolute atomic E-state index is 0.00695. The van der Waals surface area contributed by atoms with E-state index >= 15 is 0 Å². The van der Waals surface area contributed by atoms with Crippen molar-refractivity contribution < 1.29 is 9.59 Å². The van der Waals surface area contributed by atoms with Gasteiger partial charge in [0.1, 0.15) is 0 Å². The fourth-order valence-corrected chi connectivity index (χ4v) is 4.48. The maximum Gasteiger partial charge on any atom is 0.246 e. The fourth-order valence-electron chi connectivity index (χ4n) is 4.17. The molecule has 0 spiro atoms. The van der Waals surface area contributed by atoms with E-state index < -0.39 is 11.0 Å². The molecule has 0 aliphatic carbocycles. The van der Waals surface area contributed by atoms with Crippen LogP contribution in [0.1, 0.15) is 30.5 Å². The zero-order chi connectivity index (χ0) is 21.0. The first-order chi connectivity index (χ1) is 13.7. The van der Waals surface area contributed by atoms with Crippen molar-refractivity contribution in [2.24, 2.45) is 0 Å². The number of anilines is 2. The molecule has 0 aromatic heterocycles. The first-order valence-corrected chi connectivity index (χ1v) is 9.97. The molecule has 0 unspecified atom stereocenters. The van der Waals surface area contributed by atoms with Gasteiger partial charge in [0.05, 0.1) is 24.0 Å². The van der Waals surface area contributed by atoms with Crippen LogP contribution >= 0.6 is 11.6 Å². The number of nitrogens with zero attached hydrogens (tertiary/aromatic N) is 1. The average molecular weight is 410 g/mol. The molecule has 2 N–H and O–H groups in total. The molecule has 2 aromatic rings. The van der Waals surface area contributed by atoms with Crippen molar-refractivity contribution in [2.75, 3.05) is 23.7 Å². The van der Waals surface area contributed by atoms with Crippen molar-refractivity contribution >= 4 is 34.8 Å². The van der Waals surface area contributed by atoms with Crippen molar-refractivity contribution in [3.8, 4) is 0 Å². The number of likely N-dealkylation sites (tertiary alicyclic amines) is 1. The maximum absolute atomic E-state index is 12.3. The lowest BCUT2D eigenvalue weighted by Crippen LogP contribution is -2.64. The summed E-state index contributed by atoms with van der Waals surface area (Å²) in [6.07, 6.45) is 1.33. The van der Waals surface area contributed by atoms with Crippen LogP contribution in [-0.4, -0.2) is 29.8 Å². The molecule has 4 rings (SSSR count). The van der Waals surface area contributed by atoms with Crippen LogP contribution in [0.3, 0.4) is 0 Å². The van der Waals surface area contributed by atoms with Crippen molar-refractivity contribution in [1.29, 1.82) is 0 Å². The van der Waals surface area contributed by atoms with Gasteiger partial charge in [0.2, 0.25) is 11.8 Å². The number of benzene rings is 2. The van der Waals surface area contributed by atoms with Gasteiger partial charge in [-0.3, -0.25) is 9.59 Å². The molecule has 1 fully saturated rings. The van der Waals surface area contributed by atoms with Crippen LogP contribution in [0.5, 0.6) is 0 Å². The van der Waals surface area contributed by atoms with E-state index in [1.54, 1.807) is 4.90 Å². The Morgan fingerprint density at radius 2 is 1.97 bits per heavy atom. The molecule has 2 amide bonds. The molecule has 0 atom stereocenters. The predicted octanol–water partition coefficient (Wildman–Crippen LogP) is 4.21. The molecule has 2 aromatic carbocycles. The van der Waals surface area contributed by atoms with Gasteiger partial charge in [0, 0.05) is 16.4 Å². The van der Waals surface area contributed by atoms with E-state index in [4.69, 9.17) is 11.6 Å². The highest BCUT2D eigenvalue weighted by atomic mass is 35.5. The van der Waals surface area contributed by atoms with Gasteiger partial charge < -0.3 is 15.5 Å². The minimum atomic E-state index is -0.547. The Balaban J connectivity index is 1.70. The topological polar surface area (TPSA) is 61.4 Å². The molecule has 0 bridgehead atoms. The third-order valence-corrected chi connectivity index (χ3v) is 6.51. The van der Waals surface area contributed by atoms with E-state index in [1.165, 1.54) is 6.08 Å². The highest BCUT2D eigenvalue weighted by molar-refractivity contribution is 6.32. The summed E-state index contributed by atoms with van der Waals surface area (Å²) in [5, 5.41) is 7.25. The molecule has 1 saturated heterocycles. The highest BCUT2D eigenvalue weighted by Gasteiger charge is 2.47.